The first-order chi connectivity index (χ1) is 16.5. The number of thiophene rings is 1. The highest BCUT2D eigenvalue weighted by Crippen LogP contribution is 2.33. The number of Topliss-reactive ketones (excluding diaryl/α,β-unsaturated/α-hetero) is 1. The third kappa shape index (κ3) is 4.15. The number of carbonyl (C=O) groups excluding carboxylic acids is 2. The second-order valence-corrected chi connectivity index (χ2v) is 9.35. The average molecular weight is 490 g/mol. The standard InChI is InChI=1S/C25H19N3O4S2/c1-2-10-28-24(31)22-17(15-6-4-3-5-7-15)13-33-23(22)27-25(28)34-14-19(29)16-8-9-20-18(11-16)26-21(30)12-32-20/h2-9,11,13H,1,10,12,14H2,(H,26,30). The first-order valence-corrected chi connectivity index (χ1v) is 12.3. The number of hydrogen-bond donors (Lipinski definition) is 1. The number of carbonyl (C=O) groups is 2. The zero-order valence-corrected chi connectivity index (χ0v) is 19.6. The number of nitrogens with zero attached hydrogens (tertiary/aromatic N) is 2. The number of benzene rings is 2. The largest absolute Gasteiger partial charge is 0.482 e. The Bertz CT molecular complexity index is 1490. The Morgan fingerprint density at radius 2 is 2.06 bits per heavy atom. The molecular weight excluding hydrogens is 470 g/mol. The minimum atomic E-state index is -0.261. The van der Waals surface area contributed by atoms with Crippen molar-refractivity contribution in [3.05, 3.63) is 82.5 Å². The zero-order chi connectivity index (χ0) is 23.7. The van der Waals surface area contributed by atoms with Crippen molar-refractivity contribution in [2.75, 3.05) is 17.7 Å². The van der Waals surface area contributed by atoms with E-state index in [0.29, 0.717) is 32.4 Å². The van der Waals surface area contributed by atoms with Gasteiger partial charge in [-0.15, -0.1) is 17.9 Å². The van der Waals surface area contributed by atoms with Gasteiger partial charge < -0.3 is 10.1 Å². The summed E-state index contributed by atoms with van der Waals surface area (Å²) in [6.45, 7) is 4.01. The molecule has 170 valence electrons. The first kappa shape index (κ1) is 22.1. The summed E-state index contributed by atoms with van der Waals surface area (Å²) in [6, 6.07) is 14.7. The van der Waals surface area contributed by atoms with Gasteiger partial charge in [0, 0.05) is 23.1 Å². The number of thioether (sulfide) groups is 1. The molecule has 4 aromatic rings. The van der Waals surface area contributed by atoms with Crippen LogP contribution in [0.4, 0.5) is 5.69 Å². The van der Waals surface area contributed by atoms with Gasteiger partial charge in [0.25, 0.3) is 11.5 Å². The molecule has 0 fully saturated rings. The van der Waals surface area contributed by atoms with Crippen LogP contribution in [0.2, 0.25) is 0 Å². The first-order valence-electron chi connectivity index (χ1n) is 10.5. The van der Waals surface area contributed by atoms with E-state index in [2.05, 4.69) is 11.9 Å². The molecule has 34 heavy (non-hydrogen) atoms. The lowest BCUT2D eigenvalue weighted by Crippen LogP contribution is -2.25. The summed E-state index contributed by atoms with van der Waals surface area (Å²) >= 11 is 2.61. The molecule has 2 aromatic heterocycles. The van der Waals surface area contributed by atoms with Crippen molar-refractivity contribution < 1.29 is 14.3 Å². The third-order valence-electron chi connectivity index (χ3n) is 5.32. The van der Waals surface area contributed by atoms with Crippen molar-refractivity contribution in [2.24, 2.45) is 0 Å². The molecule has 1 amide bonds. The normalized spacial score (nSPS) is 12.6. The number of amides is 1. The molecule has 2 aromatic carbocycles. The average Bonchev–Trinajstić information content (AvgIpc) is 3.29. The molecule has 0 saturated heterocycles. The van der Waals surface area contributed by atoms with Crippen LogP contribution in [0.3, 0.4) is 0 Å². The van der Waals surface area contributed by atoms with E-state index in [0.717, 1.165) is 11.1 Å². The molecule has 3 heterocycles. The van der Waals surface area contributed by atoms with E-state index in [4.69, 9.17) is 9.72 Å². The van der Waals surface area contributed by atoms with Gasteiger partial charge in [-0.1, -0.05) is 48.2 Å². The van der Waals surface area contributed by atoms with Crippen molar-refractivity contribution in [1.82, 2.24) is 9.55 Å². The van der Waals surface area contributed by atoms with E-state index in [9.17, 15) is 14.4 Å². The molecule has 1 N–H and O–H groups in total. The van der Waals surface area contributed by atoms with Crippen LogP contribution in [0, 0.1) is 0 Å². The number of ether oxygens (including phenoxy) is 1. The van der Waals surface area contributed by atoms with Crippen LogP contribution in [-0.4, -0.2) is 33.6 Å². The molecule has 1 aliphatic rings. The highest BCUT2D eigenvalue weighted by atomic mass is 32.2. The van der Waals surface area contributed by atoms with Crippen LogP contribution in [-0.2, 0) is 11.3 Å². The number of rotatable bonds is 7. The molecule has 0 unspecified atom stereocenters. The van der Waals surface area contributed by atoms with Crippen molar-refractivity contribution in [1.29, 1.82) is 0 Å². The summed E-state index contributed by atoms with van der Waals surface area (Å²) in [5, 5.41) is 5.68. The van der Waals surface area contributed by atoms with Crippen molar-refractivity contribution in [2.45, 2.75) is 11.7 Å². The molecule has 0 radical (unpaired) electrons. The van der Waals surface area contributed by atoms with Crippen LogP contribution < -0.4 is 15.6 Å². The molecular formula is C25H19N3O4S2. The summed E-state index contributed by atoms with van der Waals surface area (Å²) in [7, 11) is 0. The molecule has 0 saturated carbocycles. The van der Waals surface area contributed by atoms with Crippen molar-refractivity contribution >= 4 is 50.7 Å². The van der Waals surface area contributed by atoms with Crippen LogP contribution in [0.15, 0.2) is 76.5 Å². The summed E-state index contributed by atoms with van der Waals surface area (Å²) in [5.41, 5.74) is 2.56. The van der Waals surface area contributed by atoms with Crippen LogP contribution in [0.1, 0.15) is 10.4 Å². The van der Waals surface area contributed by atoms with E-state index in [1.54, 1.807) is 28.8 Å². The van der Waals surface area contributed by atoms with Crippen molar-refractivity contribution in [3.8, 4) is 16.9 Å². The Hall–Kier alpha value is -3.69. The fourth-order valence-corrected chi connectivity index (χ4v) is 5.60. The third-order valence-corrected chi connectivity index (χ3v) is 7.17. The Kier molecular flexibility index (Phi) is 6.04. The van der Waals surface area contributed by atoms with E-state index in [1.165, 1.54) is 23.1 Å². The Balaban J connectivity index is 1.45. The Labute approximate surface area is 203 Å². The van der Waals surface area contributed by atoms with Gasteiger partial charge in [-0.3, -0.25) is 19.0 Å². The van der Waals surface area contributed by atoms with Gasteiger partial charge in [0.1, 0.15) is 10.6 Å². The second kappa shape index (κ2) is 9.28. The molecule has 0 aliphatic carbocycles. The van der Waals surface area contributed by atoms with Gasteiger partial charge in [-0.25, -0.2) is 4.98 Å². The van der Waals surface area contributed by atoms with Gasteiger partial charge in [-0.2, -0.15) is 0 Å². The Morgan fingerprint density at radius 3 is 2.85 bits per heavy atom. The number of allylic oxidation sites excluding steroid dienone is 1. The molecule has 0 atom stereocenters. The SMILES string of the molecule is C=CCn1c(SCC(=O)c2ccc3c(c2)NC(=O)CO3)nc2scc(-c3ccccc3)c2c1=O. The monoisotopic (exact) mass is 489 g/mol. The lowest BCUT2D eigenvalue weighted by Gasteiger charge is -2.18. The highest BCUT2D eigenvalue weighted by molar-refractivity contribution is 7.99. The smallest absolute Gasteiger partial charge is 0.263 e. The maximum atomic E-state index is 13.4. The number of ketones is 1. The summed E-state index contributed by atoms with van der Waals surface area (Å²) < 4.78 is 6.89. The predicted molar refractivity (Wildman–Crippen MR) is 135 cm³/mol. The van der Waals surface area contributed by atoms with E-state index < -0.39 is 0 Å². The maximum absolute atomic E-state index is 13.4. The van der Waals surface area contributed by atoms with Gasteiger partial charge in [0.05, 0.1) is 16.8 Å². The number of aromatic nitrogens is 2. The van der Waals surface area contributed by atoms with Gasteiger partial charge >= 0.3 is 0 Å². The number of fused-ring (bicyclic) bond motifs is 2. The second-order valence-electron chi connectivity index (χ2n) is 7.55. The molecule has 9 heteroatoms. The molecule has 0 spiro atoms. The predicted octanol–water partition coefficient (Wildman–Crippen LogP) is 4.62. The van der Waals surface area contributed by atoms with E-state index in [-0.39, 0.29) is 36.2 Å². The minimum Gasteiger partial charge on any atom is -0.482 e. The lowest BCUT2D eigenvalue weighted by molar-refractivity contribution is -0.118. The number of hydrogen-bond acceptors (Lipinski definition) is 7. The van der Waals surface area contributed by atoms with Crippen LogP contribution in [0.25, 0.3) is 21.3 Å². The van der Waals surface area contributed by atoms with Gasteiger partial charge in [-0.05, 0) is 23.8 Å². The summed E-state index contributed by atoms with van der Waals surface area (Å²) in [5.74, 6) is 0.203. The molecule has 0 bridgehead atoms. The number of anilines is 1. The molecule has 5 rings (SSSR count). The van der Waals surface area contributed by atoms with Gasteiger partial charge in [0.2, 0.25) is 0 Å². The zero-order valence-electron chi connectivity index (χ0n) is 17.9. The fourth-order valence-electron chi connectivity index (χ4n) is 3.71. The van der Waals surface area contributed by atoms with Crippen LogP contribution >= 0.6 is 23.1 Å². The highest BCUT2D eigenvalue weighted by Gasteiger charge is 2.20. The van der Waals surface area contributed by atoms with Crippen molar-refractivity contribution in [3.63, 3.8) is 0 Å². The molecule has 7 nitrogen and oxygen atoms in total. The number of nitrogens with one attached hydrogen (secondary N) is 1. The van der Waals surface area contributed by atoms with Crippen LogP contribution in [0.5, 0.6) is 5.75 Å². The summed E-state index contributed by atoms with van der Waals surface area (Å²) in [6.07, 6.45) is 1.64. The van der Waals surface area contributed by atoms with E-state index >= 15 is 0 Å². The van der Waals surface area contributed by atoms with Gasteiger partial charge in [0.15, 0.2) is 17.5 Å². The minimum absolute atomic E-state index is 0.0418. The summed E-state index contributed by atoms with van der Waals surface area (Å²) in [4.78, 5) is 43.2. The van der Waals surface area contributed by atoms with E-state index in [1.807, 2.05) is 35.7 Å². The topological polar surface area (TPSA) is 90.3 Å². The molecule has 1 aliphatic heterocycles. The Morgan fingerprint density at radius 1 is 1.24 bits per heavy atom. The fraction of sp³-hybridized carbons (Fsp3) is 0.120. The lowest BCUT2D eigenvalue weighted by atomic mass is 10.1. The maximum Gasteiger partial charge on any atom is 0.263 e. The quantitative estimate of drug-likeness (QED) is 0.176.